The molecule has 3 N–H and O–H groups in total. The number of fused-ring (bicyclic) bond motifs is 1. The number of rotatable bonds is 4. The van der Waals surface area contributed by atoms with Crippen LogP contribution in [-0.4, -0.2) is 24.1 Å². The topological polar surface area (TPSA) is 118 Å². The van der Waals surface area contributed by atoms with Crippen LogP contribution in [-0.2, 0) is 10.0 Å². The number of carbonyl (C=O) groups excluding carboxylic acids is 1. The van der Waals surface area contributed by atoms with Gasteiger partial charge in [-0.1, -0.05) is 23.2 Å². The number of urea groups is 1. The number of carbonyl (C=O) groups is 1. The molecular weight excluding hydrogens is 497 g/mol. The van der Waals surface area contributed by atoms with Gasteiger partial charge in [-0.15, -0.1) is 11.3 Å². The van der Waals surface area contributed by atoms with Crippen LogP contribution in [0, 0.1) is 0 Å². The highest BCUT2D eigenvalue weighted by molar-refractivity contribution is 7.92. The monoisotopic (exact) mass is 509 g/mol. The first-order chi connectivity index (χ1) is 15.1. The Balaban J connectivity index is 1.55. The van der Waals surface area contributed by atoms with Crippen molar-refractivity contribution in [3.05, 3.63) is 80.4 Å². The van der Waals surface area contributed by atoms with Gasteiger partial charge in [0.2, 0.25) is 5.88 Å². The maximum atomic E-state index is 12.5. The molecule has 0 fully saturated rings. The van der Waals surface area contributed by atoms with Gasteiger partial charge in [-0.25, -0.2) is 22.5 Å². The number of aromatic nitrogens is 1. The van der Waals surface area contributed by atoms with Crippen molar-refractivity contribution in [1.82, 2.24) is 9.29 Å². The minimum atomic E-state index is -4.06. The molecule has 4 rings (SSSR count). The Labute approximate surface area is 195 Å². The number of hydrogen-bond acceptors (Lipinski definition) is 6. The van der Waals surface area contributed by atoms with E-state index in [2.05, 4.69) is 5.32 Å². The lowest BCUT2D eigenvalue weighted by atomic mass is 10.1. The third-order valence-corrected chi connectivity index (χ3v) is 7.68. The average Bonchev–Trinajstić information content (AvgIpc) is 3.16. The molecule has 12 heteroatoms. The first-order valence-electron chi connectivity index (χ1n) is 8.88. The summed E-state index contributed by atoms with van der Waals surface area (Å²) < 4.78 is 27.6. The first kappa shape index (κ1) is 22.2. The molecule has 0 bridgehead atoms. The van der Waals surface area contributed by atoms with Crippen LogP contribution in [0.25, 0.3) is 16.5 Å². The van der Waals surface area contributed by atoms with Crippen LogP contribution in [0.15, 0.2) is 69.7 Å². The highest BCUT2D eigenvalue weighted by Crippen LogP contribution is 2.28. The Kier molecular flexibility index (Phi) is 5.87. The van der Waals surface area contributed by atoms with Crippen LogP contribution < -0.4 is 15.6 Å². The van der Waals surface area contributed by atoms with Crippen molar-refractivity contribution in [2.75, 3.05) is 5.32 Å². The average molecular weight is 510 g/mol. The van der Waals surface area contributed by atoms with Gasteiger partial charge in [0.15, 0.2) is 0 Å². The number of aromatic hydroxyl groups is 1. The maximum Gasteiger partial charge on any atom is 0.333 e. The van der Waals surface area contributed by atoms with E-state index in [4.69, 9.17) is 23.2 Å². The number of hydrogen-bond donors (Lipinski definition) is 3. The summed E-state index contributed by atoms with van der Waals surface area (Å²) in [5.74, 6) is -0.261. The normalized spacial score (nSPS) is 11.4. The van der Waals surface area contributed by atoms with Crippen LogP contribution >= 0.6 is 34.5 Å². The molecular formula is C20H13Cl2N3O5S2. The summed E-state index contributed by atoms with van der Waals surface area (Å²) in [5, 5.41) is 14.4. The molecule has 0 aliphatic rings. The molecule has 8 nitrogen and oxygen atoms in total. The van der Waals surface area contributed by atoms with Crippen LogP contribution in [0.1, 0.15) is 0 Å². The smallest absolute Gasteiger partial charge is 0.333 e. The largest absolute Gasteiger partial charge is 0.494 e. The highest BCUT2D eigenvalue weighted by atomic mass is 35.5. The molecule has 32 heavy (non-hydrogen) atoms. The molecule has 2 aromatic carbocycles. The predicted molar refractivity (Wildman–Crippen MR) is 125 cm³/mol. The Morgan fingerprint density at radius 3 is 2.38 bits per heavy atom. The van der Waals surface area contributed by atoms with E-state index in [-0.39, 0.29) is 20.1 Å². The van der Waals surface area contributed by atoms with Gasteiger partial charge < -0.3 is 10.4 Å². The van der Waals surface area contributed by atoms with Crippen LogP contribution in [0.2, 0.25) is 9.36 Å². The lowest BCUT2D eigenvalue weighted by Gasteiger charge is -2.12. The van der Waals surface area contributed by atoms with Gasteiger partial charge in [-0.2, -0.15) is 0 Å². The second-order valence-electron chi connectivity index (χ2n) is 6.54. The molecule has 0 aliphatic heterocycles. The summed E-state index contributed by atoms with van der Waals surface area (Å²) in [7, 11) is -4.06. The Morgan fingerprint density at radius 2 is 1.72 bits per heavy atom. The maximum absolute atomic E-state index is 12.5. The van der Waals surface area contributed by atoms with E-state index in [1.165, 1.54) is 42.5 Å². The van der Waals surface area contributed by atoms with Crippen molar-refractivity contribution in [3.63, 3.8) is 0 Å². The number of nitrogens with zero attached hydrogens (tertiary/aromatic N) is 1. The molecule has 0 atom stereocenters. The van der Waals surface area contributed by atoms with Gasteiger partial charge in [-0.3, -0.25) is 4.79 Å². The number of halogens is 2. The summed E-state index contributed by atoms with van der Waals surface area (Å²) in [4.78, 5) is 24.6. The number of pyridine rings is 1. The predicted octanol–water partition coefficient (Wildman–Crippen LogP) is 4.58. The van der Waals surface area contributed by atoms with Crippen LogP contribution in [0.5, 0.6) is 5.88 Å². The van der Waals surface area contributed by atoms with Crippen molar-refractivity contribution in [3.8, 4) is 11.6 Å². The van der Waals surface area contributed by atoms with E-state index >= 15 is 0 Å². The van der Waals surface area contributed by atoms with E-state index in [1.807, 2.05) is 4.72 Å². The molecule has 2 amide bonds. The van der Waals surface area contributed by atoms with E-state index in [0.717, 1.165) is 15.9 Å². The van der Waals surface area contributed by atoms with E-state index in [1.54, 1.807) is 18.2 Å². The molecule has 2 heterocycles. The fraction of sp³-hybridized carbons (Fsp3) is 0. The summed E-state index contributed by atoms with van der Waals surface area (Å²) in [5.41, 5.74) is 0.137. The molecule has 0 spiro atoms. The van der Waals surface area contributed by atoms with Crippen molar-refractivity contribution < 1.29 is 18.3 Å². The zero-order valence-corrected chi connectivity index (χ0v) is 19.0. The van der Waals surface area contributed by atoms with Gasteiger partial charge >= 0.3 is 6.03 Å². The zero-order chi connectivity index (χ0) is 23.0. The van der Waals surface area contributed by atoms with Gasteiger partial charge in [0, 0.05) is 22.2 Å². The van der Waals surface area contributed by atoms with Crippen LogP contribution in [0.4, 0.5) is 10.5 Å². The molecule has 0 saturated heterocycles. The third kappa shape index (κ3) is 4.44. The molecule has 0 aliphatic carbocycles. The Bertz CT molecular complexity index is 1510. The molecule has 0 radical (unpaired) electrons. The second-order valence-corrected chi connectivity index (χ2v) is 10.6. The lowest BCUT2D eigenvalue weighted by Crippen LogP contribution is -2.33. The lowest BCUT2D eigenvalue weighted by molar-refractivity contribution is 0.256. The van der Waals surface area contributed by atoms with Gasteiger partial charge in [-0.05, 0) is 60.0 Å². The number of thiophene rings is 1. The van der Waals surface area contributed by atoms with Gasteiger partial charge in [0.05, 0.1) is 10.0 Å². The fourth-order valence-electron chi connectivity index (χ4n) is 2.99. The fourth-order valence-corrected chi connectivity index (χ4v) is 5.56. The molecule has 2 aromatic heterocycles. The summed E-state index contributed by atoms with van der Waals surface area (Å²) in [6.07, 6.45) is 0. The number of sulfonamides is 1. The van der Waals surface area contributed by atoms with Gasteiger partial charge in [0.25, 0.3) is 15.6 Å². The van der Waals surface area contributed by atoms with E-state index in [9.17, 15) is 23.1 Å². The number of nitrogens with one attached hydrogen (secondary N) is 2. The molecule has 0 saturated carbocycles. The van der Waals surface area contributed by atoms with E-state index < -0.39 is 21.6 Å². The zero-order valence-electron chi connectivity index (χ0n) is 15.9. The van der Waals surface area contributed by atoms with Crippen LogP contribution in [0.3, 0.4) is 0 Å². The summed E-state index contributed by atoms with van der Waals surface area (Å²) in [6, 6.07) is 13.8. The molecule has 4 aromatic rings. The number of anilines is 1. The Morgan fingerprint density at radius 1 is 1.00 bits per heavy atom. The SMILES string of the molecule is O=C(Nc1ccc(-n2c(O)c3ccc(Cl)cc3cc2=O)cc1)NS(=O)(=O)c1ccc(Cl)s1. The van der Waals surface area contributed by atoms with Crippen molar-refractivity contribution in [1.29, 1.82) is 0 Å². The van der Waals surface area contributed by atoms with Gasteiger partial charge in [0.1, 0.15) is 4.21 Å². The summed E-state index contributed by atoms with van der Waals surface area (Å²) in [6.45, 7) is 0. The quantitative estimate of drug-likeness (QED) is 0.372. The number of benzene rings is 2. The number of amides is 2. The van der Waals surface area contributed by atoms with E-state index in [0.29, 0.717) is 21.5 Å². The highest BCUT2D eigenvalue weighted by Gasteiger charge is 2.20. The molecule has 164 valence electrons. The summed E-state index contributed by atoms with van der Waals surface area (Å²) >= 11 is 12.5. The minimum absolute atomic E-state index is 0.0968. The van der Waals surface area contributed by atoms with Crippen molar-refractivity contribution in [2.24, 2.45) is 0 Å². The third-order valence-electron chi connectivity index (χ3n) is 4.39. The first-order valence-corrected chi connectivity index (χ1v) is 11.9. The Hall–Kier alpha value is -3.05. The van der Waals surface area contributed by atoms with Crippen molar-refractivity contribution >= 4 is 67.1 Å². The standard InChI is InChI=1S/C20H13Cl2N3O5S2/c21-12-1-6-15-11(9-12)10-17(26)25(19(15)27)14-4-2-13(3-5-14)23-20(28)24-32(29,30)18-8-7-16(22)31-18/h1-10,27H,(H2,23,24,28). The molecule has 0 unspecified atom stereocenters. The van der Waals surface area contributed by atoms with Crippen molar-refractivity contribution in [2.45, 2.75) is 4.21 Å². The minimum Gasteiger partial charge on any atom is -0.494 e. The second kappa shape index (κ2) is 8.47.